The lowest BCUT2D eigenvalue weighted by Crippen LogP contribution is -2.56. The summed E-state index contributed by atoms with van der Waals surface area (Å²) in [7, 11) is 6.11. The number of fused-ring (bicyclic) bond motifs is 1. The molecule has 2 unspecified atom stereocenters. The van der Waals surface area contributed by atoms with Gasteiger partial charge in [-0.25, -0.2) is 0 Å². The zero-order valence-corrected chi connectivity index (χ0v) is 11.9. The summed E-state index contributed by atoms with van der Waals surface area (Å²) in [6.07, 6.45) is 1.03. The van der Waals surface area contributed by atoms with Crippen LogP contribution in [0.4, 0.5) is 0 Å². The van der Waals surface area contributed by atoms with Gasteiger partial charge in [0.15, 0.2) is 5.78 Å². The van der Waals surface area contributed by atoms with E-state index in [1.807, 2.05) is 39.3 Å². The second-order valence-corrected chi connectivity index (χ2v) is 5.64. The van der Waals surface area contributed by atoms with E-state index in [1.54, 1.807) is 0 Å². The van der Waals surface area contributed by atoms with Crippen LogP contribution in [-0.2, 0) is 6.42 Å². The lowest BCUT2D eigenvalue weighted by molar-refractivity contribution is 0.0269. The van der Waals surface area contributed by atoms with E-state index in [2.05, 4.69) is 29.7 Å². The van der Waals surface area contributed by atoms with Gasteiger partial charge in [0.1, 0.15) is 0 Å². The van der Waals surface area contributed by atoms with E-state index < -0.39 is 5.54 Å². The lowest BCUT2D eigenvalue weighted by atomic mass is 9.94. The van der Waals surface area contributed by atoms with Crippen LogP contribution in [0.2, 0.25) is 0 Å². The molecule has 0 bridgehead atoms. The van der Waals surface area contributed by atoms with Crippen molar-refractivity contribution in [3.05, 3.63) is 35.4 Å². The molecule has 106 valence electrons. The van der Waals surface area contributed by atoms with Crippen molar-refractivity contribution in [2.24, 2.45) is 0 Å². The number of ketones is 1. The minimum Gasteiger partial charge on any atom is -0.294 e. The van der Waals surface area contributed by atoms with E-state index in [-0.39, 0.29) is 19.4 Å². The third-order valence-corrected chi connectivity index (χ3v) is 4.37. The Labute approximate surface area is 117 Å². The van der Waals surface area contributed by atoms with E-state index in [9.17, 15) is 4.79 Å². The summed E-state index contributed by atoms with van der Waals surface area (Å²) in [6.45, 7) is 4.18. The van der Waals surface area contributed by atoms with Crippen molar-refractivity contribution < 1.29 is 4.79 Å². The standard InChI is InChI=1S/C15H22N2O.CH4/c1-11(16(3)4)17(5)15(2)10-12-8-6-7-9-13(12)14(15)18;/h6-9,11H,10H2,1-5H3;1H4. The van der Waals surface area contributed by atoms with Gasteiger partial charge in [-0.05, 0) is 47.0 Å². The molecule has 0 fully saturated rings. The Bertz CT molecular complexity index is 470. The summed E-state index contributed by atoms with van der Waals surface area (Å²) in [5.41, 5.74) is 1.63. The van der Waals surface area contributed by atoms with Gasteiger partial charge in [0.2, 0.25) is 0 Å². The Hall–Kier alpha value is -1.19. The number of benzene rings is 1. The van der Waals surface area contributed by atoms with E-state index in [0.717, 1.165) is 12.0 Å². The van der Waals surface area contributed by atoms with Crippen LogP contribution in [0.25, 0.3) is 0 Å². The van der Waals surface area contributed by atoms with Crippen LogP contribution in [0, 0.1) is 0 Å². The van der Waals surface area contributed by atoms with Gasteiger partial charge in [-0.2, -0.15) is 0 Å². The topological polar surface area (TPSA) is 23.6 Å². The molecule has 0 saturated carbocycles. The predicted molar refractivity (Wildman–Crippen MR) is 80.5 cm³/mol. The smallest absolute Gasteiger partial charge is 0.183 e. The monoisotopic (exact) mass is 262 g/mol. The van der Waals surface area contributed by atoms with Crippen molar-refractivity contribution >= 4 is 5.78 Å². The van der Waals surface area contributed by atoms with Gasteiger partial charge in [-0.3, -0.25) is 14.6 Å². The molecule has 0 radical (unpaired) electrons. The first-order chi connectivity index (χ1) is 8.38. The van der Waals surface area contributed by atoms with Gasteiger partial charge in [-0.1, -0.05) is 31.7 Å². The average Bonchev–Trinajstić information content (AvgIpc) is 2.61. The van der Waals surface area contributed by atoms with E-state index in [0.29, 0.717) is 0 Å². The van der Waals surface area contributed by atoms with Crippen LogP contribution in [0.3, 0.4) is 0 Å². The van der Waals surface area contributed by atoms with Crippen molar-refractivity contribution in [2.45, 2.75) is 39.4 Å². The molecule has 0 aliphatic heterocycles. The summed E-state index contributed by atoms with van der Waals surface area (Å²) >= 11 is 0. The zero-order chi connectivity index (χ0) is 13.5. The molecule has 0 aromatic heterocycles. The average molecular weight is 262 g/mol. The maximum absolute atomic E-state index is 12.6. The largest absolute Gasteiger partial charge is 0.294 e. The second kappa shape index (κ2) is 5.43. The Morgan fingerprint density at radius 2 is 1.79 bits per heavy atom. The first-order valence-electron chi connectivity index (χ1n) is 6.40. The molecule has 0 N–H and O–H groups in total. The molecule has 1 aromatic rings. The Morgan fingerprint density at radius 3 is 2.32 bits per heavy atom. The van der Waals surface area contributed by atoms with Gasteiger partial charge in [0.05, 0.1) is 11.7 Å². The van der Waals surface area contributed by atoms with Crippen molar-refractivity contribution in [3.63, 3.8) is 0 Å². The highest BCUT2D eigenvalue weighted by atomic mass is 16.1. The number of carbonyl (C=O) groups excluding carboxylic acids is 1. The molecule has 0 amide bonds. The van der Waals surface area contributed by atoms with Crippen molar-refractivity contribution in [2.75, 3.05) is 21.1 Å². The first kappa shape index (κ1) is 15.9. The van der Waals surface area contributed by atoms with Crippen molar-refractivity contribution in [1.29, 1.82) is 0 Å². The van der Waals surface area contributed by atoms with Gasteiger partial charge < -0.3 is 0 Å². The van der Waals surface area contributed by atoms with Gasteiger partial charge in [0.25, 0.3) is 0 Å². The maximum atomic E-state index is 12.6. The predicted octanol–water partition coefficient (Wildman–Crippen LogP) is 2.66. The molecule has 1 aliphatic rings. The van der Waals surface area contributed by atoms with Crippen LogP contribution in [0.5, 0.6) is 0 Å². The van der Waals surface area contributed by atoms with Gasteiger partial charge >= 0.3 is 0 Å². The third kappa shape index (κ3) is 2.45. The summed E-state index contributed by atoms with van der Waals surface area (Å²) in [6, 6.07) is 7.95. The third-order valence-electron chi connectivity index (χ3n) is 4.37. The van der Waals surface area contributed by atoms with Crippen LogP contribution in [0.1, 0.15) is 37.2 Å². The molecule has 2 rings (SSSR count). The van der Waals surface area contributed by atoms with Gasteiger partial charge in [-0.15, -0.1) is 0 Å². The molecule has 1 aliphatic carbocycles. The molecule has 3 nitrogen and oxygen atoms in total. The van der Waals surface area contributed by atoms with Crippen LogP contribution < -0.4 is 0 Å². The Kier molecular flexibility index (Phi) is 4.54. The highest BCUT2D eigenvalue weighted by molar-refractivity contribution is 6.07. The van der Waals surface area contributed by atoms with E-state index >= 15 is 0 Å². The van der Waals surface area contributed by atoms with Crippen molar-refractivity contribution in [1.82, 2.24) is 9.80 Å². The number of carbonyl (C=O) groups is 1. The van der Waals surface area contributed by atoms with E-state index in [4.69, 9.17) is 0 Å². The summed E-state index contributed by atoms with van der Waals surface area (Å²) in [5.74, 6) is 0.245. The highest BCUT2D eigenvalue weighted by Crippen LogP contribution is 2.34. The second-order valence-electron chi connectivity index (χ2n) is 5.64. The number of nitrogens with zero attached hydrogens (tertiary/aromatic N) is 2. The minimum atomic E-state index is -0.423. The first-order valence-corrected chi connectivity index (χ1v) is 6.40. The quantitative estimate of drug-likeness (QED) is 0.782. The summed E-state index contributed by atoms with van der Waals surface area (Å²) in [4.78, 5) is 16.9. The fourth-order valence-corrected chi connectivity index (χ4v) is 2.68. The highest BCUT2D eigenvalue weighted by Gasteiger charge is 2.45. The summed E-state index contributed by atoms with van der Waals surface area (Å²) in [5, 5.41) is 0. The maximum Gasteiger partial charge on any atom is 0.183 e. The number of hydrogen-bond donors (Lipinski definition) is 0. The molecule has 0 saturated heterocycles. The molecular weight excluding hydrogens is 236 g/mol. The molecule has 2 atom stereocenters. The molecule has 3 heteroatoms. The van der Waals surface area contributed by atoms with Gasteiger partial charge in [0, 0.05) is 5.56 Å². The number of Topliss-reactive ketones (excluding diaryl/α,β-unsaturated/α-hetero) is 1. The number of hydrogen-bond acceptors (Lipinski definition) is 3. The molecular formula is C16H26N2O. The molecule has 1 aromatic carbocycles. The Balaban J connectivity index is 0.00000180. The van der Waals surface area contributed by atoms with E-state index in [1.165, 1.54) is 5.56 Å². The molecule has 0 spiro atoms. The molecule has 19 heavy (non-hydrogen) atoms. The zero-order valence-electron chi connectivity index (χ0n) is 11.9. The number of rotatable bonds is 3. The normalized spacial score (nSPS) is 23.4. The molecule has 0 heterocycles. The fraction of sp³-hybridized carbons (Fsp3) is 0.562. The summed E-state index contributed by atoms with van der Waals surface area (Å²) < 4.78 is 0. The van der Waals surface area contributed by atoms with Crippen molar-refractivity contribution in [3.8, 4) is 0 Å². The van der Waals surface area contributed by atoms with Crippen LogP contribution >= 0.6 is 0 Å². The lowest BCUT2D eigenvalue weighted by Gasteiger charge is -2.41. The SMILES string of the molecule is C.CC(N(C)C)N(C)C1(C)Cc2ccccc2C1=O. The van der Waals surface area contributed by atoms with Crippen LogP contribution in [0.15, 0.2) is 24.3 Å². The minimum absolute atomic E-state index is 0. The van der Waals surface area contributed by atoms with Crippen LogP contribution in [-0.4, -0.2) is 48.4 Å². The number of likely N-dealkylation sites (N-methyl/N-ethyl adjacent to an activating group) is 1. The fourth-order valence-electron chi connectivity index (χ4n) is 2.68. The Morgan fingerprint density at radius 1 is 1.21 bits per heavy atom.